The zero-order chi connectivity index (χ0) is 13.8. The molecule has 1 aliphatic rings. The van der Waals surface area contributed by atoms with Gasteiger partial charge in [-0.2, -0.15) is 11.8 Å². The number of hydrogen-bond acceptors (Lipinski definition) is 4. The summed E-state index contributed by atoms with van der Waals surface area (Å²) in [5.74, 6) is -0.579. The molecule has 1 unspecified atom stereocenters. The predicted molar refractivity (Wildman–Crippen MR) is 68.7 cm³/mol. The molecule has 0 spiro atoms. The number of carbonyl (C=O) groups excluding carboxylic acids is 1. The van der Waals surface area contributed by atoms with E-state index < -0.39 is 23.9 Å². The van der Waals surface area contributed by atoms with E-state index in [1.165, 1.54) is 22.9 Å². The minimum atomic E-state index is -1.04. The van der Waals surface area contributed by atoms with Crippen LogP contribution >= 0.6 is 11.8 Å². The number of thioether (sulfide) groups is 1. The highest BCUT2D eigenvalue weighted by Crippen LogP contribution is 2.18. The third-order valence-corrected chi connectivity index (χ3v) is 3.65. The highest BCUT2D eigenvalue weighted by Gasteiger charge is 2.32. The Balaban J connectivity index is 2.07. The lowest BCUT2D eigenvalue weighted by Crippen LogP contribution is -2.51. The van der Waals surface area contributed by atoms with Crippen molar-refractivity contribution in [1.29, 1.82) is 0 Å². The second-order valence-corrected chi connectivity index (χ2v) is 5.09. The molecule has 2 rings (SSSR count). The third-order valence-electron chi connectivity index (χ3n) is 2.63. The summed E-state index contributed by atoms with van der Waals surface area (Å²) in [6.07, 6.45) is 2.32. The van der Waals surface area contributed by atoms with Gasteiger partial charge in [-0.3, -0.25) is 4.98 Å². The van der Waals surface area contributed by atoms with Crippen LogP contribution in [0.5, 0.6) is 0 Å². The first-order valence-corrected chi connectivity index (χ1v) is 6.72. The molecule has 0 aliphatic carbocycles. The van der Waals surface area contributed by atoms with Gasteiger partial charge < -0.3 is 15.3 Å². The molecule has 1 aromatic rings. The number of carboxylic acid groups (broad SMARTS) is 1. The Bertz CT molecular complexity index is 500. The molecule has 102 valence electrons. The maximum absolute atomic E-state index is 12.9. The largest absolute Gasteiger partial charge is 0.480 e. The van der Waals surface area contributed by atoms with Crippen LogP contribution in [0.4, 0.5) is 14.9 Å². The Morgan fingerprint density at radius 2 is 2.32 bits per heavy atom. The number of amides is 2. The van der Waals surface area contributed by atoms with Gasteiger partial charge in [0.25, 0.3) is 0 Å². The lowest BCUT2D eigenvalue weighted by Gasteiger charge is -2.32. The molecule has 1 atom stereocenters. The van der Waals surface area contributed by atoms with E-state index in [0.717, 1.165) is 12.3 Å². The van der Waals surface area contributed by atoms with E-state index >= 15 is 0 Å². The number of halogens is 1. The number of aliphatic carboxylic acids is 1. The second-order valence-electron chi connectivity index (χ2n) is 3.94. The molecular formula is C11H12FN3O3S. The van der Waals surface area contributed by atoms with Crippen molar-refractivity contribution in [3.63, 3.8) is 0 Å². The van der Waals surface area contributed by atoms with Gasteiger partial charge in [-0.25, -0.2) is 14.0 Å². The molecule has 8 heteroatoms. The zero-order valence-electron chi connectivity index (χ0n) is 9.88. The monoisotopic (exact) mass is 285 g/mol. The minimum Gasteiger partial charge on any atom is -0.480 e. The summed E-state index contributed by atoms with van der Waals surface area (Å²) in [5, 5.41) is 11.5. The molecule has 0 bridgehead atoms. The summed E-state index contributed by atoms with van der Waals surface area (Å²) < 4.78 is 12.9. The fourth-order valence-electron chi connectivity index (χ4n) is 1.73. The van der Waals surface area contributed by atoms with Crippen LogP contribution in [0.15, 0.2) is 18.5 Å². The topological polar surface area (TPSA) is 82.5 Å². The summed E-state index contributed by atoms with van der Waals surface area (Å²) in [4.78, 5) is 27.9. The summed E-state index contributed by atoms with van der Waals surface area (Å²) in [6.45, 7) is 0.343. The van der Waals surface area contributed by atoms with E-state index in [1.807, 2.05) is 0 Å². The van der Waals surface area contributed by atoms with Crippen LogP contribution in [-0.2, 0) is 4.79 Å². The van der Waals surface area contributed by atoms with E-state index in [1.54, 1.807) is 0 Å². The summed E-state index contributed by atoms with van der Waals surface area (Å²) in [7, 11) is 0. The molecule has 2 amide bonds. The van der Waals surface area contributed by atoms with E-state index in [0.29, 0.717) is 18.1 Å². The third kappa shape index (κ3) is 3.34. The van der Waals surface area contributed by atoms with Crippen molar-refractivity contribution < 1.29 is 19.1 Å². The van der Waals surface area contributed by atoms with Crippen LogP contribution in [0.1, 0.15) is 0 Å². The Morgan fingerprint density at radius 3 is 3.00 bits per heavy atom. The van der Waals surface area contributed by atoms with Crippen molar-refractivity contribution in [3.8, 4) is 0 Å². The minimum absolute atomic E-state index is 0.201. The van der Waals surface area contributed by atoms with Crippen LogP contribution in [0.25, 0.3) is 0 Å². The van der Waals surface area contributed by atoms with Gasteiger partial charge in [0.1, 0.15) is 11.9 Å². The Kier molecular flexibility index (Phi) is 4.20. The number of nitrogens with zero attached hydrogens (tertiary/aromatic N) is 2. The van der Waals surface area contributed by atoms with Gasteiger partial charge in [0.15, 0.2) is 0 Å². The van der Waals surface area contributed by atoms with Crippen molar-refractivity contribution in [2.45, 2.75) is 6.04 Å². The number of urea groups is 1. The number of hydrogen-bond donors (Lipinski definition) is 2. The SMILES string of the molecule is O=C(O)C1CSCCN1C(=O)Nc1cncc(F)c1. The maximum Gasteiger partial charge on any atom is 0.327 e. The van der Waals surface area contributed by atoms with Gasteiger partial charge in [0, 0.05) is 24.1 Å². The van der Waals surface area contributed by atoms with Gasteiger partial charge in [0.2, 0.25) is 0 Å². The quantitative estimate of drug-likeness (QED) is 0.854. The fourth-order valence-corrected chi connectivity index (χ4v) is 2.77. The number of pyridine rings is 1. The standard InChI is InChI=1S/C11H12FN3O3S/c12-7-3-8(5-13-4-7)14-11(18)15-1-2-19-6-9(15)10(16)17/h3-5,9H,1-2,6H2,(H,14,18)(H,16,17). The van der Waals surface area contributed by atoms with Crippen molar-refractivity contribution in [2.75, 3.05) is 23.4 Å². The van der Waals surface area contributed by atoms with E-state index in [9.17, 15) is 14.0 Å². The number of rotatable bonds is 2. The molecule has 2 N–H and O–H groups in total. The van der Waals surface area contributed by atoms with Crippen molar-refractivity contribution >= 4 is 29.4 Å². The summed E-state index contributed by atoms with van der Waals surface area (Å²) in [5.41, 5.74) is 0.201. The van der Waals surface area contributed by atoms with Gasteiger partial charge in [-0.15, -0.1) is 0 Å². The molecular weight excluding hydrogens is 273 g/mol. The Labute approximate surface area is 113 Å². The Morgan fingerprint density at radius 1 is 1.53 bits per heavy atom. The maximum atomic E-state index is 12.9. The average molecular weight is 285 g/mol. The molecule has 6 nitrogen and oxygen atoms in total. The molecule has 1 saturated heterocycles. The first kappa shape index (κ1) is 13.6. The first-order valence-electron chi connectivity index (χ1n) is 5.56. The van der Waals surface area contributed by atoms with Crippen LogP contribution in [0.2, 0.25) is 0 Å². The van der Waals surface area contributed by atoms with E-state index in [4.69, 9.17) is 5.11 Å². The smallest absolute Gasteiger partial charge is 0.327 e. The number of carboxylic acids is 1. The van der Waals surface area contributed by atoms with Crippen LogP contribution in [0, 0.1) is 5.82 Å². The molecule has 0 radical (unpaired) electrons. The number of aromatic nitrogens is 1. The molecule has 19 heavy (non-hydrogen) atoms. The van der Waals surface area contributed by atoms with Crippen molar-refractivity contribution in [1.82, 2.24) is 9.88 Å². The summed E-state index contributed by atoms with van der Waals surface area (Å²) in [6, 6.07) is -0.292. The van der Waals surface area contributed by atoms with Gasteiger partial charge in [0.05, 0.1) is 18.1 Å². The first-order chi connectivity index (χ1) is 9.08. The van der Waals surface area contributed by atoms with Gasteiger partial charge in [-0.05, 0) is 0 Å². The van der Waals surface area contributed by atoms with Crippen LogP contribution in [-0.4, -0.2) is 51.1 Å². The van der Waals surface area contributed by atoms with Crippen LogP contribution in [0.3, 0.4) is 0 Å². The lowest BCUT2D eigenvalue weighted by molar-refractivity contribution is -0.141. The van der Waals surface area contributed by atoms with Gasteiger partial charge >= 0.3 is 12.0 Å². The number of anilines is 1. The zero-order valence-corrected chi connectivity index (χ0v) is 10.7. The average Bonchev–Trinajstić information content (AvgIpc) is 2.38. The van der Waals surface area contributed by atoms with E-state index in [2.05, 4.69) is 10.3 Å². The molecule has 0 aromatic carbocycles. The van der Waals surface area contributed by atoms with Crippen molar-refractivity contribution in [2.24, 2.45) is 0 Å². The molecule has 1 aromatic heterocycles. The molecule has 1 aliphatic heterocycles. The van der Waals surface area contributed by atoms with E-state index in [-0.39, 0.29) is 5.69 Å². The predicted octanol–water partition coefficient (Wildman–Crippen LogP) is 1.25. The molecule has 1 fully saturated rings. The molecule has 0 saturated carbocycles. The summed E-state index contributed by atoms with van der Waals surface area (Å²) >= 11 is 1.49. The highest BCUT2D eigenvalue weighted by molar-refractivity contribution is 7.99. The molecule has 2 heterocycles. The Hall–Kier alpha value is -1.83. The van der Waals surface area contributed by atoms with Crippen molar-refractivity contribution in [3.05, 3.63) is 24.3 Å². The highest BCUT2D eigenvalue weighted by atomic mass is 32.2. The number of carbonyl (C=O) groups is 2. The fraction of sp³-hybridized carbons (Fsp3) is 0.364. The second kappa shape index (κ2) is 5.87. The normalized spacial score (nSPS) is 19.0. The van der Waals surface area contributed by atoms with Gasteiger partial charge in [-0.1, -0.05) is 0 Å². The lowest BCUT2D eigenvalue weighted by atomic mass is 10.3. The van der Waals surface area contributed by atoms with Crippen LogP contribution < -0.4 is 5.32 Å². The number of nitrogens with one attached hydrogen (secondary N) is 1.